The van der Waals surface area contributed by atoms with Crippen LogP contribution in [-0.4, -0.2) is 49.7 Å². The topological polar surface area (TPSA) is 24.5 Å². The van der Waals surface area contributed by atoms with Gasteiger partial charge in [-0.25, -0.2) is 0 Å². The Kier molecular flexibility index (Phi) is 9.55. The highest BCUT2D eigenvalue weighted by Gasteiger charge is 2.14. The summed E-state index contributed by atoms with van der Waals surface area (Å²) >= 11 is 2.01. The number of para-hydroxylation sites is 1. The number of rotatable bonds is 11. The fourth-order valence-electron chi connectivity index (χ4n) is 2.39. The lowest BCUT2D eigenvalue weighted by molar-refractivity contribution is 0.324. The van der Waals surface area contributed by atoms with Gasteiger partial charge in [-0.3, -0.25) is 0 Å². The van der Waals surface area contributed by atoms with Crippen molar-refractivity contribution in [1.29, 1.82) is 0 Å². The van der Waals surface area contributed by atoms with Crippen LogP contribution < -0.4 is 10.1 Å². The molecule has 0 bridgehead atoms. The molecule has 0 amide bonds. The van der Waals surface area contributed by atoms with E-state index in [1.54, 1.807) is 7.11 Å². The van der Waals surface area contributed by atoms with Gasteiger partial charge in [-0.15, -0.1) is 0 Å². The summed E-state index contributed by atoms with van der Waals surface area (Å²) in [5, 5.41) is 3.58. The van der Waals surface area contributed by atoms with E-state index in [0.29, 0.717) is 6.04 Å². The first-order chi connectivity index (χ1) is 10.3. The van der Waals surface area contributed by atoms with Gasteiger partial charge in [0.25, 0.3) is 0 Å². The Balaban J connectivity index is 2.54. The number of benzene rings is 1. The Morgan fingerprint density at radius 2 is 1.90 bits per heavy atom. The van der Waals surface area contributed by atoms with Gasteiger partial charge in [0, 0.05) is 29.7 Å². The monoisotopic (exact) mass is 310 g/mol. The first-order valence-electron chi connectivity index (χ1n) is 7.93. The molecule has 0 spiro atoms. The zero-order chi connectivity index (χ0) is 15.5. The van der Waals surface area contributed by atoms with Crippen molar-refractivity contribution >= 4 is 11.8 Å². The van der Waals surface area contributed by atoms with Gasteiger partial charge in [0.1, 0.15) is 5.75 Å². The summed E-state index contributed by atoms with van der Waals surface area (Å²) in [6, 6.07) is 8.67. The number of hydrogen-bond donors (Lipinski definition) is 1. The lowest BCUT2D eigenvalue weighted by Crippen LogP contribution is -2.27. The predicted octanol–water partition coefficient (Wildman–Crippen LogP) is 3.42. The van der Waals surface area contributed by atoms with Crippen molar-refractivity contribution in [2.24, 2.45) is 0 Å². The summed E-state index contributed by atoms with van der Waals surface area (Å²) in [6.45, 7) is 11.0. The molecule has 0 aliphatic carbocycles. The second kappa shape index (κ2) is 10.9. The average Bonchev–Trinajstić information content (AvgIpc) is 2.54. The van der Waals surface area contributed by atoms with Crippen molar-refractivity contribution in [2.75, 3.05) is 44.8 Å². The molecule has 1 aromatic carbocycles. The third kappa shape index (κ3) is 6.29. The molecule has 0 aliphatic heterocycles. The van der Waals surface area contributed by atoms with Crippen LogP contribution in [-0.2, 0) is 0 Å². The quantitative estimate of drug-likeness (QED) is 0.633. The van der Waals surface area contributed by atoms with E-state index in [4.69, 9.17) is 4.74 Å². The Hall–Kier alpha value is -0.710. The average molecular weight is 311 g/mol. The van der Waals surface area contributed by atoms with E-state index >= 15 is 0 Å². The Morgan fingerprint density at radius 1 is 1.19 bits per heavy atom. The summed E-state index contributed by atoms with van der Waals surface area (Å²) in [4.78, 5) is 2.47. The number of nitrogens with one attached hydrogen (secondary N) is 1. The predicted molar refractivity (Wildman–Crippen MR) is 94.5 cm³/mol. The molecular formula is C17H30N2OS. The molecule has 1 rings (SSSR count). The van der Waals surface area contributed by atoms with Crippen LogP contribution in [0, 0.1) is 0 Å². The molecule has 0 saturated heterocycles. The van der Waals surface area contributed by atoms with Gasteiger partial charge < -0.3 is 15.0 Å². The van der Waals surface area contributed by atoms with Gasteiger partial charge >= 0.3 is 0 Å². The lowest BCUT2D eigenvalue weighted by atomic mass is 10.1. The minimum Gasteiger partial charge on any atom is -0.496 e. The first-order valence-corrected chi connectivity index (χ1v) is 9.08. The van der Waals surface area contributed by atoms with E-state index in [2.05, 4.69) is 43.1 Å². The molecule has 0 fully saturated rings. The minimum absolute atomic E-state index is 0.354. The third-order valence-electron chi connectivity index (χ3n) is 3.70. The largest absolute Gasteiger partial charge is 0.496 e. The van der Waals surface area contributed by atoms with Gasteiger partial charge in [0.15, 0.2) is 0 Å². The zero-order valence-corrected chi connectivity index (χ0v) is 14.7. The highest BCUT2D eigenvalue weighted by molar-refractivity contribution is 7.99. The van der Waals surface area contributed by atoms with Crippen LogP contribution in [0.25, 0.3) is 0 Å². The molecule has 1 atom stereocenters. The molecule has 0 radical (unpaired) electrons. The highest BCUT2D eigenvalue weighted by Crippen LogP contribution is 2.27. The van der Waals surface area contributed by atoms with Crippen LogP contribution in [0.15, 0.2) is 24.3 Å². The van der Waals surface area contributed by atoms with E-state index in [9.17, 15) is 0 Å². The maximum atomic E-state index is 5.49. The SMILES string of the molecule is CCNC(CSCCN(CC)CC)c1ccccc1OC. The van der Waals surface area contributed by atoms with Crippen molar-refractivity contribution in [3.05, 3.63) is 29.8 Å². The summed E-state index contributed by atoms with van der Waals surface area (Å²) in [5.74, 6) is 3.24. The number of nitrogens with zero attached hydrogens (tertiary/aromatic N) is 1. The zero-order valence-electron chi connectivity index (χ0n) is 13.9. The molecule has 1 N–H and O–H groups in total. The maximum absolute atomic E-state index is 5.49. The second-order valence-corrected chi connectivity index (χ2v) is 6.10. The molecule has 120 valence electrons. The molecule has 1 unspecified atom stereocenters. The molecule has 21 heavy (non-hydrogen) atoms. The number of thioether (sulfide) groups is 1. The minimum atomic E-state index is 0.354. The van der Waals surface area contributed by atoms with Crippen molar-refractivity contribution in [2.45, 2.75) is 26.8 Å². The lowest BCUT2D eigenvalue weighted by Gasteiger charge is -2.22. The fraction of sp³-hybridized carbons (Fsp3) is 0.647. The number of ether oxygens (including phenoxy) is 1. The van der Waals surface area contributed by atoms with Crippen LogP contribution in [0.4, 0.5) is 0 Å². The molecule has 0 aliphatic rings. The smallest absolute Gasteiger partial charge is 0.123 e. The van der Waals surface area contributed by atoms with Gasteiger partial charge in [-0.1, -0.05) is 39.0 Å². The van der Waals surface area contributed by atoms with Crippen LogP contribution in [0.2, 0.25) is 0 Å². The Bertz CT molecular complexity index is 383. The third-order valence-corrected chi connectivity index (χ3v) is 4.74. The summed E-state index contributed by atoms with van der Waals surface area (Å²) in [5.41, 5.74) is 1.26. The van der Waals surface area contributed by atoms with Crippen molar-refractivity contribution < 1.29 is 4.74 Å². The van der Waals surface area contributed by atoms with Crippen molar-refractivity contribution in [3.63, 3.8) is 0 Å². The standard InChI is InChI=1S/C17H30N2OS/c1-5-18-16(14-21-13-12-19(6-2)7-3)15-10-8-9-11-17(15)20-4/h8-11,16,18H,5-7,12-14H2,1-4H3. The molecular weight excluding hydrogens is 280 g/mol. The van der Waals surface area contributed by atoms with Gasteiger partial charge in [0.2, 0.25) is 0 Å². The van der Waals surface area contributed by atoms with Crippen LogP contribution >= 0.6 is 11.8 Å². The first kappa shape index (κ1) is 18.3. The van der Waals surface area contributed by atoms with E-state index in [0.717, 1.165) is 31.1 Å². The molecule has 0 heterocycles. The molecule has 0 aromatic heterocycles. The van der Waals surface area contributed by atoms with E-state index in [1.807, 2.05) is 23.9 Å². The summed E-state index contributed by atoms with van der Waals surface area (Å²) in [7, 11) is 1.75. The Morgan fingerprint density at radius 3 is 2.52 bits per heavy atom. The number of hydrogen-bond acceptors (Lipinski definition) is 4. The van der Waals surface area contributed by atoms with Crippen LogP contribution in [0.5, 0.6) is 5.75 Å². The second-order valence-electron chi connectivity index (χ2n) is 4.95. The Labute approximate surface area is 134 Å². The maximum Gasteiger partial charge on any atom is 0.123 e. The number of methoxy groups -OCH3 is 1. The van der Waals surface area contributed by atoms with E-state index in [1.165, 1.54) is 17.9 Å². The van der Waals surface area contributed by atoms with Gasteiger partial charge in [-0.05, 0) is 25.7 Å². The normalized spacial score (nSPS) is 12.6. The van der Waals surface area contributed by atoms with E-state index in [-0.39, 0.29) is 0 Å². The van der Waals surface area contributed by atoms with Crippen LogP contribution in [0.1, 0.15) is 32.4 Å². The molecule has 1 aromatic rings. The molecule has 3 nitrogen and oxygen atoms in total. The van der Waals surface area contributed by atoms with Crippen LogP contribution in [0.3, 0.4) is 0 Å². The molecule has 4 heteroatoms. The highest BCUT2D eigenvalue weighted by atomic mass is 32.2. The van der Waals surface area contributed by atoms with Crippen molar-refractivity contribution in [3.8, 4) is 5.75 Å². The van der Waals surface area contributed by atoms with Gasteiger partial charge in [-0.2, -0.15) is 11.8 Å². The summed E-state index contributed by atoms with van der Waals surface area (Å²) < 4.78 is 5.49. The molecule has 0 saturated carbocycles. The van der Waals surface area contributed by atoms with E-state index < -0.39 is 0 Å². The summed E-state index contributed by atoms with van der Waals surface area (Å²) in [6.07, 6.45) is 0. The van der Waals surface area contributed by atoms with Crippen molar-refractivity contribution in [1.82, 2.24) is 10.2 Å². The fourth-order valence-corrected chi connectivity index (χ4v) is 3.48. The van der Waals surface area contributed by atoms with Gasteiger partial charge in [0.05, 0.1) is 7.11 Å².